The van der Waals surface area contributed by atoms with Crippen molar-refractivity contribution in [1.82, 2.24) is 15.2 Å². The molecule has 0 aliphatic carbocycles. The number of aromatic nitrogens is 3. The van der Waals surface area contributed by atoms with Crippen LogP contribution < -0.4 is 15.5 Å². The van der Waals surface area contributed by atoms with Crippen LogP contribution >= 0.6 is 0 Å². The molecule has 7 heteroatoms. The summed E-state index contributed by atoms with van der Waals surface area (Å²) in [6, 6.07) is 18.0. The molecule has 7 nitrogen and oxygen atoms in total. The molecule has 0 bridgehead atoms. The lowest BCUT2D eigenvalue weighted by Crippen LogP contribution is -2.36. The predicted octanol–water partition coefficient (Wildman–Crippen LogP) is 3.20. The fraction of sp³-hybridized carbons (Fsp3) is 0.211. The third kappa shape index (κ3) is 3.89. The average Bonchev–Trinajstić information content (AvgIpc) is 2.70. The Hall–Kier alpha value is -3.19. The summed E-state index contributed by atoms with van der Waals surface area (Å²) >= 11 is 0. The minimum absolute atomic E-state index is 0.449. The summed E-state index contributed by atoms with van der Waals surface area (Å²) in [4.78, 5) is 6.82. The maximum absolute atomic E-state index is 5.45. The van der Waals surface area contributed by atoms with Crippen molar-refractivity contribution in [3.05, 3.63) is 60.8 Å². The van der Waals surface area contributed by atoms with E-state index in [1.54, 1.807) is 6.20 Å². The highest BCUT2D eigenvalue weighted by Crippen LogP contribution is 2.28. The topological polar surface area (TPSA) is 75.2 Å². The van der Waals surface area contributed by atoms with E-state index in [1.165, 1.54) is 0 Å². The van der Waals surface area contributed by atoms with Crippen molar-refractivity contribution in [2.24, 2.45) is 0 Å². The molecule has 0 radical (unpaired) electrons. The third-order valence-corrected chi connectivity index (χ3v) is 4.11. The molecule has 1 aliphatic rings. The molecule has 2 aromatic carbocycles. The molecule has 0 spiro atoms. The van der Waals surface area contributed by atoms with E-state index in [9.17, 15) is 0 Å². The van der Waals surface area contributed by atoms with Gasteiger partial charge in [0.25, 0.3) is 0 Å². The van der Waals surface area contributed by atoms with Gasteiger partial charge in [0.05, 0.1) is 30.8 Å². The molecular formula is C19H20N6O. The van der Waals surface area contributed by atoms with Gasteiger partial charge >= 0.3 is 0 Å². The van der Waals surface area contributed by atoms with E-state index in [4.69, 9.17) is 4.74 Å². The Bertz CT molecular complexity index is 851. The first-order valence-corrected chi connectivity index (χ1v) is 8.59. The number of benzene rings is 2. The molecule has 26 heavy (non-hydrogen) atoms. The number of morpholine rings is 1. The van der Waals surface area contributed by atoms with Gasteiger partial charge in [0, 0.05) is 18.8 Å². The summed E-state index contributed by atoms with van der Waals surface area (Å²) < 4.78 is 5.45. The minimum Gasteiger partial charge on any atom is -0.378 e. The van der Waals surface area contributed by atoms with Gasteiger partial charge in [-0.3, -0.25) is 0 Å². The van der Waals surface area contributed by atoms with Crippen molar-refractivity contribution >= 4 is 28.8 Å². The van der Waals surface area contributed by atoms with E-state index in [2.05, 4.69) is 36.8 Å². The van der Waals surface area contributed by atoms with Gasteiger partial charge in [0.15, 0.2) is 5.82 Å². The first-order chi connectivity index (χ1) is 12.9. The van der Waals surface area contributed by atoms with E-state index in [0.29, 0.717) is 11.8 Å². The summed E-state index contributed by atoms with van der Waals surface area (Å²) in [6.45, 7) is 3.24. The Morgan fingerprint density at radius 1 is 0.885 bits per heavy atom. The third-order valence-electron chi connectivity index (χ3n) is 4.11. The highest BCUT2D eigenvalue weighted by molar-refractivity contribution is 5.74. The average molecular weight is 348 g/mol. The SMILES string of the molecule is c1ccc(Nc2nncc(Nc3ccccc3N3CCOCC3)n2)cc1. The number of anilines is 5. The van der Waals surface area contributed by atoms with Crippen LogP contribution in [0, 0.1) is 0 Å². The van der Waals surface area contributed by atoms with Crippen molar-refractivity contribution in [2.75, 3.05) is 41.8 Å². The Morgan fingerprint density at radius 2 is 1.65 bits per heavy atom. The highest BCUT2D eigenvalue weighted by atomic mass is 16.5. The first kappa shape index (κ1) is 16.3. The van der Waals surface area contributed by atoms with E-state index in [1.807, 2.05) is 48.5 Å². The van der Waals surface area contributed by atoms with Gasteiger partial charge in [0.1, 0.15) is 0 Å². The molecular weight excluding hydrogens is 328 g/mol. The van der Waals surface area contributed by atoms with Crippen LogP contribution in [0.3, 0.4) is 0 Å². The second-order valence-electron chi connectivity index (χ2n) is 5.90. The van der Waals surface area contributed by atoms with E-state index >= 15 is 0 Å². The number of nitrogens with one attached hydrogen (secondary N) is 2. The van der Waals surface area contributed by atoms with Crippen molar-refractivity contribution in [1.29, 1.82) is 0 Å². The number of hydrogen-bond donors (Lipinski definition) is 2. The number of para-hydroxylation sites is 3. The van der Waals surface area contributed by atoms with E-state index < -0.39 is 0 Å². The maximum atomic E-state index is 5.45. The molecule has 0 saturated carbocycles. The van der Waals surface area contributed by atoms with E-state index in [-0.39, 0.29) is 0 Å². The molecule has 1 aromatic heterocycles. The molecule has 1 aliphatic heterocycles. The maximum Gasteiger partial charge on any atom is 0.249 e. The quantitative estimate of drug-likeness (QED) is 0.733. The zero-order chi connectivity index (χ0) is 17.6. The van der Waals surface area contributed by atoms with Crippen LogP contribution in [0.15, 0.2) is 60.8 Å². The lowest BCUT2D eigenvalue weighted by atomic mass is 10.2. The summed E-state index contributed by atoms with van der Waals surface area (Å²) in [5, 5.41) is 14.6. The van der Waals surface area contributed by atoms with Crippen LogP contribution in [0.1, 0.15) is 0 Å². The summed E-state index contributed by atoms with van der Waals surface area (Å²) in [6.07, 6.45) is 1.62. The molecule has 2 heterocycles. The summed E-state index contributed by atoms with van der Waals surface area (Å²) in [5.74, 6) is 1.09. The Kier molecular flexibility index (Phi) is 4.88. The number of ether oxygens (including phenoxy) is 1. The van der Waals surface area contributed by atoms with Gasteiger partial charge < -0.3 is 20.3 Å². The van der Waals surface area contributed by atoms with Crippen molar-refractivity contribution in [3.63, 3.8) is 0 Å². The molecule has 1 saturated heterocycles. The highest BCUT2D eigenvalue weighted by Gasteiger charge is 2.15. The standard InChI is InChI=1S/C19H20N6O/c1-2-6-15(7-3-1)21-19-23-18(14-20-24-19)22-16-8-4-5-9-17(16)25-10-12-26-13-11-25/h1-9,14H,10-13H2,(H2,21,22,23,24). The molecule has 3 aromatic rings. The molecule has 2 N–H and O–H groups in total. The monoisotopic (exact) mass is 348 g/mol. The lowest BCUT2D eigenvalue weighted by Gasteiger charge is -2.30. The van der Waals surface area contributed by atoms with E-state index in [0.717, 1.165) is 43.4 Å². The Balaban J connectivity index is 1.53. The van der Waals surface area contributed by atoms with Crippen LogP contribution in [0.25, 0.3) is 0 Å². The zero-order valence-corrected chi connectivity index (χ0v) is 14.3. The minimum atomic E-state index is 0.449. The fourth-order valence-corrected chi connectivity index (χ4v) is 2.86. The van der Waals surface area contributed by atoms with Gasteiger partial charge in [-0.2, -0.15) is 10.1 Å². The summed E-state index contributed by atoms with van der Waals surface area (Å²) in [5.41, 5.74) is 3.03. The van der Waals surface area contributed by atoms with Crippen LogP contribution in [-0.4, -0.2) is 41.5 Å². The summed E-state index contributed by atoms with van der Waals surface area (Å²) in [7, 11) is 0. The Morgan fingerprint density at radius 3 is 2.50 bits per heavy atom. The molecule has 132 valence electrons. The predicted molar refractivity (Wildman–Crippen MR) is 102 cm³/mol. The lowest BCUT2D eigenvalue weighted by molar-refractivity contribution is 0.123. The normalized spacial score (nSPS) is 14.1. The van der Waals surface area contributed by atoms with Gasteiger partial charge in [-0.25, -0.2) is 0 Å². The van der Waals surface area contributed by atoms with Crippen LogP contribution in [0.4, 0.5) is 28.8 Å². The first-order valence-electron chi connectivity index (χ1n) is 8.59. The molecule has 0 amide bonds. The van der Waals surface area contributed by atoms with Crippen LogP contribution in [-0.2, 0) is 4.74 Å². The van der Waals surface area contributed by atoms with Crippen LogP contribution in [0.5, 0.6) is 0 Å². The van der Waals surface area contributed by atoms with Gasteiger partial charge in [-0.05, 0) is 24.3 Å². The Labute approximate surface area is 152 Å². The molecule has 0 unspecified atom stereocenters. The molecule has 1 fully saturated rings. The number of hydrogen-bond acceptors (Lipinski definition) is 7. The van der Waals surface area contributed by atoms with Crippen LogP contribution in [0.2, 0.25) is 0 Å². The zero-order valence-electron chi connectivity index (χ0n) is 14.3. The van der Waals surface area contributed by atoms with Crippen molar-refractivity contribution in [2.45, 2.75) is 0 Å². The van der Waals surface area contributed by atoms with Gasteiger partial charge in [-0.1, -0.05) is 30.3 Å². The number of rotatable bonds is 5. The smallest absolute Gasteiger partial charge is 0.249 e. The molecule has 0 atom stereocenters. The molecule has 4 rings (SSSR count). The second kappa shape index (κ2) is 7.79. The van der Waals surface area contributed by atoms with Crippen molar-refractivity contribution in [3.8, 4) is 0 Å². The largest absolute Gasteiger partial charge is 0.378 e. The fourth-order valence-electron chi connectivity index (χ4n) is 2.86. The van der Waals surface area contributed by atoms with Gasteiger partial charge in [0.2, 0.25) is 5.95 Å². The second-order valence-corrected chi connectivity index (χ2v) is 5.90. The van der Waals surface area contributed by atoms with Crippen molar-refractivity contribution < 1.29 is 4.74 Å². The number of nitrogens with zero attached hydrogens (tertiary/aromatic N) is 4. The van der Waals surface area contributed by atoms with Gasteiger partial charge in [-0.15, -0.1) is 5.10 Å².